The molecule has 0 saturated carbocycles. The van der Waals surface area contributed by atoms with Gasteiger partial charge in [-0.25, -0.2) is 0 Å². The van der Waals surface area contributed by atoms with Gasteiger partial charge in [-0.3, -0.25) is 11.9 Å². The van der Waals surface area contributed by atoms with Gasteiger partial charge >= 0.3 is 0 Å². The van der Waals surface area contributed by atoms with E-state index in [9.17, 15) is 0 Å². The molecule has 0 aliphatic carbocycles. The van der Waals surface area contributed by atoms with E-state index in [1.807, 2.05) is 0 Å². The Hall–Kier alpha value is -0.120. The summed E-state index contributed by atoms with van der Waals surface area (Å²) in [7, 11) is 3.45. The van der Waals surface area contributed by atoms with Crippen molar-refractivity contribution >= 4 is 0 Å². The quantitative estimate of drug-likeness (QED) is 0.526. The summed E-state index contributed by atoms with van der Waals surface area (Å²) in [5.41, 5.74) is 0. The molecule has 3 nitrogen and oxygen atoms in total. The molecule has 0 aromatic heterocycles. The molecule has 0 aromatic carbocycles. The van der Waals surface area contributed by atoms with Gasteiger partial charge in [-0.2, -0.15) is 0 Å². The Labute approximate surface area is 62.8 Å². The van der Waals surface area contributed by atoms with Crippen LogP contribution in [-0.4, -0.2) is 44.2 Å². The fourth-order valence-electron chi connectivity index (χ4n) is 1.15. The van der Waals surface area contributed by atoms with Gasteiger partial charge in [-0.05, 0) is 6.54 Å². The van der Waals surface area contributed by atoms with Crippen molar-refractivity contribution in [3.63, 3.8) is 0 Å². The molecule has 1 saturated heterocycles. The minimum absolute atomic E-state index is 0.875. The zero-order valence-corrected chi connectivity index (χ0v) is 6.34. The van der Waals surface area contributed by atoms with Crippen LogP contribution in [-0.2, 0) is 0 Å². The van der Waals surface area contributed by atoms with Crippen LogP contribution in [0.1, 0.15) is 0 Å². The molecule has 1 fully saturated rings. The van der Waals surface area contributed by atoms with E-state index in [0.717, 1.165) is 39.3 Å². The van der Waals surface area contributed by atoms with Gasteiger partial charge in [-0.15, -0.1) is 0 Å². The molecule has 3 heteroatoms. The van der Waals surface area contributed by atoms with Crippen LogP contribution in [0.3, 0.4) is 0 Å². The van der Waals surface area contributed by atoms with E-state index in [4.69, 9.17) is 0 Å². The van der Waals surface area contributed by atoms with Crippen molar-refractivity contribution in [2.45, 2.75) is 0 Å². The third-order valence-electron chi connectivity index (χ3n) is 1.78. The molecule has 1 N–H and O–H groups in total. The molecule has 10 heavy (non-hydrogen) atoms. The minimum atomic E-state index is 0.875. The van der Waals surface area contributed by atoms with E-state index in [1.54, 1.807) is 0 Å². The molecule has 1 aliphatic heterocycles. The SMILES string of the molecule is [CH2-][N]CCN1CCNCC1. The van der Waals surface area contributed by atoms with Crippen molar-refractivity contribution in [2.24, 2.45) is 0 Å². The monoisotopic (exact) mass is 141 g/mol. The summed E-state index contributed by atoms with van der Waals surface area (Å²) in [6.45, 7) is 6.52. The Morgan fingerprint density at radius 3 is 2.70 bits per heavy atom. The maximum absolute atomic E-state index is 3.82. The normalized spacial score (nSPS) is 21.3. The Bertz CT molecular complexity index is 78.9. The first-order chi connectivity index (χ1) is 4.93. The number of nitrogens with zero attached hydrogens (tertiary/aromatic N) is 2. The summed E-state index contributed by atoms with van der Waals surface area (Å²) in [4.78, 5) is 2.41. The van der Waals surface area contributed by atoms with Gasteiger partial charge in [0.15, 0.2) is 0 Å². The molecule has 0 unspecified atom stereocenters. The zero-order chi connectivity index (χ0) is 7.23. The number of hydrogen-bond donors (Lipinski definition) is 1. The van der Waals surface area contributed by atoms with E-state index in [2.05, 4.69) is 22.6 Å². The second-order valence-corrected chi connectivity index (χ2v) is 2.54. The lowest BCUT2D eigenvalue weighted by Gasteiger charge is -2.27. The van der Waals surface area contributed by atoms with Crippen LogP contribution in [0.5, 0.6) is 0 Å². The Morgan fingerprint density at radius 1 is 1.40 bits per heavy atom. The molecule has 1 radical (unpaired) electrons. The van der Waals surface area contributed by atoms with Gasteiger partial charge in [-0.1, -0.05) is 0 Å². The predicted octanol–water partition coefficient (Wildman–Crippen LogP) is -0.712. The van der Waals surface area contributed by atoms with Crippen molar-refractivity contribution in [1.82, 2.24) is 15.5 Å². The van der Waals surface area contributed by atoms with Gasteiger partial charge < -0.3 is 10.6 Å². The van der Waals surface area contributed by atoms with E-state index in [-0.39, 0.29) is 0 Å². The average molecular weight is 141 g/mol. The van der Waals surface area contributed by atoms with Crippen LogP contribution in [0.2, 0.25) is 0 Å². The Balaban J connectivity index is 2.02. The van der Waals surface area contributed by atoms with Crippen molar-refractivity contribution in [1.29, 1.82) is 0 Å². The standard InChI is InChI=1S/C7H15N3/c1-8-2-5-10-6-3-9-4-7-10/h9H,1-7H2/q-1. The molecule has 59 valence electrons. The molecule has 1 rings (SSSR count). The smallest absolute Gasteiger partial charge is 0.0108 e. The zero-order valence-electron chi connectivity index (χ0n) is 6.34. The summed E-state index contributed by atoms with van der Waals surface area (Å²) < 4.78 is 0. The second kappa shape index (κ2) is 4.66. The van der Waals surface area contributed by atoms with Crippen LogP contribution in [0, 0.1) is 7.05 Å². The first-order valence-electron chi connectivity index (χ1n) is 3.79. The van der Waals surface area contributed by atoms with Gasteiger partial charge in [0.1, 0.15) is 0 Å². The largest absolute Gasteiger partial charge is 0.423 e. The summed E-state index contributed by atoms with van der Waals surface area (Å²) in [6, 6.07) is 0. The molecule has 0 spiro atoms. The lowest BCUT2D eigenvalue weighted by molar-refractivity contribution is 0.243. The number of piperazine rings is 1. The molecule has 0 aromatic rings. The van der Waals surface area contributed by atoms with Gasteiger partial charge in [0.05, 0.1) is 0 Å². The van der Waals surface area contributed by atoms with Crippen molar-refractivity contribution < 1.29 is 0 Å². The molecule has 0 bridgehead atoms. The van der Waals surface area contributed by atoms with Crippen LogP contribution >= 0.6 is 0 Å². The lowest BCUT2D eigenvalue weighted by atomic mass is 10.3. The number of hydrogen-bond acceptors (Lipinski definition) is 2. The molecule has 0 atom stereocenters. The molecule has 1 aliphatic rings. The van der Waals surface area contributed by atoms with E-state index >= 15 is 0 Å². The fourth-order valence-corrected chi connectivity index (χ4v) is 1.15. The first kappa shape index (κ1) is 7.98. The Kier molecular flexibility index (Phi) is 3.72. The van der Waals surface area contributed by atoms with Crippen LogP contribution in [0.25, 0.3) is 0 Å². The third-order valence-corrected chi connectivity index (χ3v) is 1.78. The highest BCUT2D eigenvalue weighted by Gasteiger charge is 2.06. The molecular weight excluding hydrogens is 126 g/mol. The van der Waals surface area contributed by atoms with Crippen LogP contribution in [0.15, 0.2) is 0 Å². The predicted molar refractivity (Wildman–Crippen MR) is 41.7 cm³/mol. The number of nitrogens with one attached hydrogen (secondary N) is 1. The number of rotatable bonds is 3. The topological polar surface area (TPSA) is 29.4 Å². The van der Waals surface area contributed by atoms with Crippen molar-refractivity contribution in [3.05, 3.63) is 7.05 Å². The summed E-state index contributed by atoms with van der Waals surface area (Å²) in [5.74, 6) is 0. The van der Waals surface area contributed by atoms with E-state index in [1.165, 1.54) is 0 Å². The maximum atomic E-state index is 3.82. The van der Waals surface area contributed by atoms with Crippen molar-refractivity contribution in [2.75, 3.05) is 39.3 Å². The van der Waals surface area contributed by atoms with E-state index < -0.39 is 0 Å². The Morgan fingerprint density at radius 2 is 2.10 bits per heavy atom. The van der Waals surface area contributed by atoms with Crippen LogP contribution in [0.4, 0.5) is 0 Å². The summed E-state index contributed by atoms with van der Waals surface area (Å²) in [5, 5.41) is 7.12. The highest BCUT2D eigenvalue weighted by Crippen LogP contribution is 1.89. The highest BCUT2D eigenvalue weighted by atomic mass is 15.2. The second-order valence-electron chi connectivity index (χ2n) is 2.54. The first-order valence-corrected chi connectivity index (χ1v) is 3.79. The van der Waals surface area contributed by atoms with Crippen LogP contribution < -0.4 is 10.6 Å². The van der Waals surface area contributed by atoms with Gasteiger partial charge in [0, 0.05) is 32.7 Å². The van der Waals surface area contributed by atoms with Gasteiger partial charge in [0.25, 0.3) is 0 Å². The average Bonchev–Trinajstić information content (AvgIpc) is 2.03. The summed E-state index contributed by atoms with van der Waals surface area (Å²) in [6.07, 6.45) is 0. The van der Waals surface area contributed by atoms with Gasteiger partial charge in [0.2, 0.25) is 0 Å². The van der Waals surface area contributed by atoms with E-state index in [0.29, 0.717) is 0 Å². The maximum Gasteiger partial charge on any atom is 0.0108 e. The lowest BCUT2D eigenvalue weighted by Crippen LogP contribution is -2.44. The molecule has 0 amide bonds. The minimum Gasteiger partial charge on any atom is -0.423 e. The third kappa shape index (κ3) is 2.64. The summed E-state index contributed by atoms with van der Waals surface area (Å²) >= 11 is 0. The molecule has 1 heterocycles. The molecular formula is C7H15N3-. The fraction of sp³-hybridized carbons (Fsp3) is 0.857. The van der Waals surface area contributed by atoms with Crippen molar-refractivity contribution in [3.8, 4) is 0 Å². The highest BCUT2D eigenvalue weighted by molar-refractivity contribution is 4.67.